The third-order valence-corrected chi connectivity index (χ3v) is 4.40. The number of nitro groups is 1. The van der Waals surface area contributed by atoms with Gasteiger partial charge in [0, 0.05) is 12.1 Å². The fourth-order valence-corrected chi connectivity index (χ4v) is 2.84. The second-order valence-electron chi connectivity index (χ2n) is 5.90. The summed E-state index contributed by atoms with van der Waals surface area (Å²) in [5, 5.41) is 23.3. The molecule has 0 radical (unpaired) electrons. The molecule has 1 aromatic carbocycles. The second kappa shape index (κ2) is 6.11. The molecule has 1 saturated carbocycles. The first-order valence-corrected chi connectivity index (χ1v) is 7.16. The lowest BCUT2D eigenvalue weighted by Crippen LogP contribution is -2.30. The summed E-state index contributed by atoms with van der Waals surface area (Å²) >= 11 is 0. The van der Waals surface area contributed by atoms with Crippen LogP contribution in [0.3, 0.4) is 0 Å². The molecule has 3 unspecified atom stereocenters. The van der Waals surface area contributed by atoms with E-state index < -0.39 is 10.9 Å². The van der Waals surface area contributed by atoms with Crippen LogP contribution >= 0.6 is 0 Å². The van der Waals surface area contributed by atoms with E-state index in [1.807, 2.05) is 0 Å². The quantitative estimate of drug-likeness (QED) is 0.654. The summed E-state index contributed by atoms with van der Waals surface area (Å²) in [6.07, 6.45) is 2.96. The second-order valence-corrected chi connectivity index (χ2v) is 5.90. The van der Waals surface area contributed by atoms with Crippen molar-refractivity contribution in [1.29, 1.82) is 0 Å². The number of anilines is 1. The number of nitrogens with one attached hydrogen (secondary N) is 1. The summed E-state index contributed by atoms with van der Waals surface area (Å²) in [7, 11) is 0. The van der Waals surface area contributed by atoms with Crippen molar-refractivity contribution in [1.82, 2.24) is 0 Å². The maximum atomic E-state index is 11.1. The van der Waals surface area contributed by atoms with E-state index in [1.54, 1.807) is 0 Å². The molecule has 6 heteroatoms. The molecular formula is C15H20N2O4. The van der Waals surface area contributed by atoms with Crippen LogP contribution in [0.1, 0.15) is 43.5 Å². The van der Waals surface area contributed by atoms with Gasteiger partial charge in [-0.3, -0.25) is 10.1 Å². The van der Waals surface area contributed by atoms with Crippen molar-refractivity contribution in [2.45, 2.75) is 39.2 Å². The number of aromatic carboxylic acids is 1. The highest BCUT2D eigenvalue weighted by Gasteiger charge is 2.26. The SMILES string of the molecule is CC1CCC(Nc2cc(C(=O)O)ccc2[N+](=O)[O-])CC1C. The molecule has 3 atom stereocenters. The third-order valence-electron chi connectivity index (χ3n) is 4.40. The molecule has 0 saturated heterocycles. The largest absolute Gasteiger partial charge is 0.478 e. The summed E-state index contributed by atoms with van der Waals surface area (Å²) in [4.78, 5) is 21.6. The van der Waals surface area contributed by atoms with Crippen molar-refractivity contribution >= 4 is 17.3 Å². The fourth-order valence-electron chi connectivity index (χ4n) is 2.84. The molecule has 0 heterocycles. The van der Waals surface area contributed by atoms with Crippen LogP contribution in [0.25, 0.3) is 0 Å². The van der Waals surface area contributed by atoms with Crippen molar-refractivity contribution in [2.24, 2.45) is 11.8 Å². The molecule has 2 N–H and O–H groups in total. The number of nitro benzene ring substituents is 1. The summed E-state index contributed by atoms with van der Waals surface area (Å²) in [6, 6.07) is 4.01. The minimum absolute atomic E-state index is 0.0559. The van der Waals surface area contributed by atoms with Crippen LogP contribution in [0.5, 0.6) is 0 Å². The average molecular weight is 292 g/mol. The Morgan fingerprint density at radius 2 is 2.05 bits per heavy atom. The van der Waals surface area contributed by atoms with E-state index in [4.69, 9.17) is 5.11 Å². The maximum Gasteiger partial charge on any atom is 0.335 e. The number of benzene rings is 1. The monoisotopic (exact) mass is 292 g/mol. The van der Waals surface area contributed by atoms with Gasteiger partial charge in [0.05, 0.1) is 10.5 Å². The van der Waals surface area contributed by atoms with Crippen LogP contribution in [0, 0.1) is 22.0 Å². The molecule has 114 valence electrons. The number of carbonyl (C=O) groups is 1. The van der Waals surface area contributed by atoms with Gasteiger partial charge in [0.25, 0.3) is 5.69 Å². The highest BCUT2D eigenvalue weighted by atomic mass is 16.6. The van der Waals surface area contributed by atoms with Crippen LogP contribution in [0.2, 0.25) is 0 Å². The van der Waals surface area contributed by atoms with Gasteiger partial charge in [-0.25, -0.2) is 4.79 Å². The van der Waals surface area contributed by atoms with Gasteiger partial charge in [0.1, 0.15) is 5.69 Å². The van der Waals surface area contributed by atoms with Crippen LogP contribution in [-0.4, -0.2) is 22.0 Å². The minimum Gasteiger partial charge on any atom is -0.478 e. The number of carboxylic acid groups (broad SMARTS) is 1. The van der Waals surface area contributed by atoms with Crippen LogP contribution in [0.4, 0.5) is 11.4 Å². The first-order valence-electron chi connectivity index (χ1n) is 7.16. The van der Waals surface area contributed by atoms with E-state index >= 15 is 0 Å². The predicted molar refractivity (Wildman–Crippen MR) is 79.6 cm³/mol. The van der Waals surface area contributed by atoms with Crippen LogP contribution in [-0.2, 0) is 0 Å². The number of hydrogen-bond acceptors (Lipinski definition) is 4. The lowest BCUT2D eigenvalue weighted by atomic mass is 9.79. The molecular weight excluding hydrogens is 272 g/mol. The normalized spacial score (nSPS) is 25.3. The number of nitrogens with zero attached hydrogens (tertiary/aromatic N) is 1. The first-order chi connectivity index (χ1) is 9.88. The summed E-state index contributed by atoms with van der Waals surface area (Å²) < 4.78 is 0. The summed E-state index contributed by atoms with van der Waals surface area (Å²) in [5.74, 6) is 0.125. The first kappa shape index (κ1) is 15.3. The van der Waals surface area contributed by atoms with Crippen molar-refractivity contribution in [3.05, 3.63) is 33.9 Å². The lowest BCUT2D eigenvalue weighted by Gasteiger charge is -2.33. The highest BCUT2D eigenvalue weighted by Crippen LogP contribution is 2.33. The van der Waals surface area contributed by atoms with Gasteiger partial charge >= 0.3 is 5.97 Å². The van der Waals surface area contributed by atoms with Crippen molar-refractivity contribution in [2.75, 3.05) is 5.32 Å². The molecule has 1 aliphatic carbocycles. The predicted octanol–water partition coefficient (Wildman–Crippen LogP) is 3.53. The van der Waals surface area contributed by atoms with Gasteiger partial charge in [-0.15, -0.1) is 0 Å². The van der Waals surface area contributed by atoms with Crippen molar-refractivity contribution in [3.63, 3.8) is 0 Å². The molecule has 0 amide bonds. The Balaban J connectivity index is 2.23. The summed E-state index contributed by atoms with van der Waals surface area (Å²) in [6.45, 7) is 4.40. The zero-order valence-electron chi connectivity index (χ0n) is 12.2. The molecule has 2 rings (SSSR count). The van der Waals surface area contributed by atoms with Gasteiger partial charge < -0.3 is 10.4 Å². The Hall–Kier alpha value is -2.11. The Morgan fingerprint density at radius 3 is 2.62 bits per heavy atom. The van der Waals surface area contributed by atoms with Gasteiger partial charge in [-0.05, 0) is 43.2 Å². The Labute approximate surface area is 123 Å². The average Bonchev–Trinajstić information content (AvgIpc) is 2.42. The third kappa shape index (κ3) is 3.51. The molecule has 0 spiro atoms. The van der Waals surface area contributed by atoms with Crippen molar-refractivity contribution in [3.8, 4) is 0 Å². The van der Waals surface area contributed by atoms with Gasteiger partial charge in [0.2, 0.25) is 0 Å². The minimum atomic E-state index is -1.08. The number of carboxylic acids is 1. The van der Waals surface area contributed by atoms with E-state index in [9.17, 15) is 14.9 Å². The Kier molecular flexibility index (Phi) is 4.45. The molecule has 1 fully saturated rings. The van der Waals surface area contributed by atoms with Crippen molar-refractivity contribution < 1.29 is 14.8 Å². The topological polar surface area (TPSA) is 92.5 Å². The highest BCUT2D eigenvalue weighted by molar-refractivity contribution is 5.90. The van der Waals surface area contributed by atoms with Crippen LogP contribution in [0.15, 0.2) is 18.2 Å². The molecule has 0 bridgehead atoms. The molecule has 0 aromatic heterocycles. The zero-order chi connectivity index (χ0) is 15.6. The molecule has 1 aromatic rings. The van der Waals surface area contributed by atoms with E-state index in [-0.39, 0.29) is 17.3 Å². The van der Waals surface area contributed by atoms with Gasteiger partial charge in [-0.1, -0.05) is 13.8 Å². The number of hydrogen-bond donors (Lipinski definition) is 2. The van der Waals surface area contributed by atoms with Gasteiger partial charge in [0.15, 0.2) is 0 Å². The van der Waals surface area contributed by atoms with Crippen LogP contribution < -0.4 is 5.32 Å². The Morgan fingerprint density at radius 1 is 1.33 bits per heavy atom. The summed E-state index contributed by atoms with van der Waals surface area (Å²) in [5.41, 5.74) is 0.276. The van der Waals surface area contributed by atoms with E-state index in [0.717, 1.165) is 19.3 Å². The zero-order valence-corrected chi connectivity index (χ0v) is 12.2. The standard InChI is InChI=1S/C15H20N2O4/c1-9-3-5-12(7-10(9)2)16-13-8-11(15(18)19)4-6-14(13)17(20)21/h4,6,8-10,12,16H,3,5,7H2,1-2H3,(H,18,19). The smallest absolute Gasteiger partial charge is 0.335 e. The maximum absolute atomic E-state index is 11.1. The molecule has 0 aliphatic heterocycles. The van der Waals surface area contributed by atoms with E-state index in [1.165, 1.54) is 18.2 Å². The molecule has 1 aliphatic rings. The lowest BCUT2D eigenvalue weighted by molar-refractivity contribution is -0.384. The Bertz CT molecular complexity index is 559. The van der Waals surface area contributed by atoms with E-state index in [2.05, 4.69) is 19.2 Å². The fraction of sp³-hybridized carbons (Fsp3) is 0.533. The molecule has 21 heavy (non-hydrogen) atoms. The van der Waals surface area contributed by atoms with E-state index in [0.29, 0.717) is 17.5 Å². The molecule has 6 nitrogen and oxygen atoms in total. The van der Waals surface area contributed by atoms with Gasteiger partial charge in [-0.2, -0.15) is 0 Å². The number of rotatable bonds is 4.